The average molecular weight is 293 g/mol. The number of para-hydroxylation sites is 2. The highest BCUT2D eigenvalue weighted by Gasteiger charge is 2.15. The zero-order valence-electron chi connectivity index (χ0n) is 11.3. The number of likely N-dealkylation sites (N-methyl/N-ethyl adjacent to an activating group) is 1. The summed E-state index contributed by atoms with van der Waals surface area (Å²) in [5.74, 6) is -0.366. The molecule has 1 amide bonds. The van der Waals surface area contributed by atoms with Crippen molar-refractivity contribution in [3.8, 4) is 0 Å². The molecule has 0 bridgehead atoms. The SMILES string of the molecule is CC(=O)OCCN(C)C(=O)n1c(=S)[nH]c2ccccc21. The Morgan fingerprint density at radius 1 is 1.40 bits per heavy atom. The van der Waals surface area contributed by atoms with Gasteiger partial charge in [-0.1, -0.05) is 12.1 Å². The fourth-order valence-corrected chi connectivity index (χ4v) is 2.12. The third-order valence-electron chi connectivity index (χ3n) is 2.84. The van der Waals surface area contributed by atoms with Crippen LogP contribution in [0.2, 0.25) is 0 Å². The van der Waals surface area contributed by atoms with Gasteiger partial charge in [-0.2, -0.15) is 0 Å². The van der Waals surface area contributed by atoms with E-state index in [-0.39, 0.29) is 18.6 Å². The number of nitrogens with one attached hydrogen (secondary N) is 1. The van der Waals surface area contributed by atoms with Crippen molar-refractivity contribution in [2.45, 2.75) is 6.92 Å². The van der Waals surface area contributed by atoms with Crippen molar-refractivity contribution in [1.29, 1.82) is 0 Å². The smallest absolute Gasteiger partial charge is 0.330 e. The summed E-state index contributed by atoms with van der Waals surface area (Å²) in [6, 6.07) is 7.12. The number of fused-ring (bicyclic) bond motifs is 1. The minimum atomic E-state index is -0.366. The first-order chi connectivity index (χ1) is 9.50. The predicted octanol–water partition coefficient (Wildman–Crippen LogP) is 2.16. The molecule has 0 radical (unpaired) electrons. The molecular weight excluding hydrogens is 278 g/mol. The number of aromatic amines is 1. The van der Waals surface area contributed by atoms with Crippen molar-refractivity contribution in [3.63, 3.8) is 0 Å². The summed E-state index contributed by atoms with van der Waals surface area (Å²) < 4.78 is 6.59. The molecule has 0 atom stereocenters. The fourth-order valence-electron chi connectivity index (χ4n) is 1.84. The van der Waals surface area contributed by atoms with E-state index >= 15 is 0 Å². The van der Waals surface area contributed by atoms with Gasteiger partial charge in [0, 0.05) is 14.0 Å². The van der Waals surface area contributed by atoms with Crippen molar-refractivity contribution in [2.75, 3.05) is 20.2 Å². The highest BCUT2D eigenvalue weighted by Crippen LogP contribution is 2.14. The fraction of sp³-hybridized carbons (Fsp3) is 0.308. The van der Waals surface area contributed by atoms with Crippen LogP contribution in [0.15, 0.2) is 24.3 Å². The van der Waals surface area contributed by atoms with Gasteiger partial charge in [0.1, 0.15) is 6.61 Å². The molecule has 0 aliphatic heterocycles. The molecule has 106 valence electrons. The standard InChI is InChI=1S/C13H15N3O3S/c1-9(17)19-8-7-15(2)13(18)16-11-6-4-3-5-10(11)14-12(16)20/h3-6H,7-8H2,1-2H3,(H,14,20). The highest BCUT2D eigenvalue weighted by atomic mass is 32.1. The van der Waals surface area contributed by atoms with E-state index in [1.807, 2.05) is 24.3 Å². The molecule has 2 rings (SSSR count). The number of benzene rings is 1. The topological polar surface area (TPSA) is 67.3 Å². The molecular formula is C13H15N3O3S. The van der Waals surface area contributed by atoms with Crippen LogP contribution in [0.3, 0.4) is 0 Å². The third kappa shape index (κ3) is 2.88. The van der Waals surface area contributed by atoms with Gasteiger partial charge in [0.15, 0.2) is 4.77 Å². The number of carbonyl (C=O) groups excluding carboxylic acids is 2. The van der Waals surface area contributed by atoms with Gasteiger partial charge in [-0.25, -0.2) is 9.36 Å². The summed E-state index contributed by atoms with van der Waals surface area (Å²) >= 11 is 5.18. The van der Waals surface area contributed by atoms with Crippen LogP contribution in [0.1, 0.15) is 6.92 Å². The van der Waals surface area contributed by atoms with Gasteiger partial charge in [0.2, 0.25) is 0 Å². The monoisotopic (exact) mass is 293 g/mol. The predicted molar refractivity (Wildman–Crippen MR) is 77.2 cm³/mol. The van der Waals surface area contributed by atoms with Crippen LogP contribution >= 0.6 is 12.2 Å². The van der Waals surface area contributed by atoms with Gasteiger partial charge < -0.3 is 14.6 Å². The Bertz CT molecular complexity index is 704. The number of nitrogens with zero attached hydrogens (tertiary/aromatic N) is 2. The Morgan fingerprint density at radius 2 is 2.10 bits per heavy atom. The van der Waals surface area contributed by atoms with E-state index in [4.69, 9.17) is 17.0 Å². The second-order valence-corrected chi connectivity index (χ2v) is 4.71. The average Bonchev–Trinajstić information content (AvgIpc) is 2.73. The zero-order valence-corrected chi connectivity index (χ0v) is 12.1. The lowest BCUT2D eigenvalue weighted by Crippen LogP contribution is -2.34. The van der Waals surface area contributed by atoms with E-state index in [1.165, 1.54) is 16.4 Å². The lowest BCUT2D eigenvalue weighted by molar-refractivity contribution is -0.141. The van der Waals surface area contributed by atoms with E-state index in [2.05, 4.69) is 4.98 Å². The normalized spacial score (nSPS) is 10.5. The number of esters is 1. The van der Waals surface area contributed by atoms with Crippen LogP contribution in [0.4, 0.5) is 4.79 Å². The molecule has 20 heavy (non-hydrogen) atoms. The number of hydrogen-bond acceptors (Lipinski definition) is 4. The maximum absolute atomic E-state index is 12.4. The third-order valence-corrected chi connectivity index (χ3v) is 3.12. The lowest BCUT2D eigenvalue weighted by Gasteiger charge is -2.17. The van der Waals surface area contributed by atoms with Crippen LogP contribution in [-0.2, 0) is 9.53 Å². The number of hydrogen-bond donors (Lipinski definition) is 1. The number of amides is 1. The molecule has 0 fully saturated rings. The van der Waals surface area contributed by atoms with Gasteiger partial charge in [-0.15, -0.1) is 0 Å². The molecule has 0 saturated carbocycles. The summed E-state index contributed by atoms with van der Waals surface area (Å²) in [5, 5.41) is 0. The van der Waals surface area contributed by atoms with Gasteiger partial charge in [0.25, 0.3) is 0 Å². The first-order valence-electron chi connectivity index (χ1n) is 6.09. The van der Waals surface area contributed by atoms with Gasteiger partial charge in [0.05, 0.1) is 17.6 Å². The molecule has 0 unspecified atom stereocenters. The number of rotatable bonds is 3. The van der Waals surface area contributed by atoms with E-state index in [9.17, 15) is 9.59 Å². The van der Waals surface area contributed by atoms with E-state index in [0.717, 1.165) is 11.0 Å². The van der Waals surface area contributed by atoms with Crippen molar-refractivity contribution in [2.24, 2.45) is 0 Å². The molecule has 0 aliphatic carbocycles. The Hall–Kier alpha value is -2.15. The number of ether oxygens (including phenoxy) is 1. The van der Waals surface area contributed by atoms with E-state index in [1.54, 1.807) is 7.05 Å². The summed E-state index contributed by atoms with van der Waals surface area (Å²) in [6.45, 7) is 1.80. The van der Waals surface area contributed by atoms with E-state index < -0.39 is 0 Å². The van der Waals surface area contributed by atoms with E-state index in [0.29, 0.717) is 11.3 Å². The Kier molecular flexibility index (Phi) is 4.19. The number of H-pyrrole nitrogens is 1. The quantitative estimate of drug-likeness (QED) is 0.695. The lowest BCUT2D eigenvalue weighted by atomic mass is 10.3. The highest BCUT2D eigenvalue weighted by molar-refractivity contribution is 7.71. The summed E-state index contributed by atoms with van der Waals surface area (Å²) in [4.78, 5) is 27.5. The first-order valence-corrected chi connectivity index (χ1v) is 6.50. The van der Waals surface area contributed by atoms with Crippen molar-refractivity contribution in [3.05, 3.63) is 29.0 Å². The molecule has 1 heterocycles. The largest absolute Gasteiger partial charge is 0.464 e. The van der Waals surface area contributed by atoms with Crippen molar-refractivity contribution < 1.29 is 14.3 Å². The maximum Gasteiger partial charge on any atom is 0.330 e. The van der Waals surface area contributed by atoms with Crippen molar-refractivity contribution in [1.82, 2.24) is 14.5 Å². The molecule has 0 spiro atoms. The summed E-state index contributed by atoms with van der Waals surface area (Å²) in [6.07, 6.45) is 0. The maximum atomic E-state index is 12.4. The Balaban J connectivity index is 2.20. The molecule has 1 N–H and O–H groups in total. The first kappa shape index (κ1) is 14.3. The Labute approximate surface area is 120 Å². The molecule has 0 saturated heterocycles. The molecule has 1 aromatic heterocycles. The molecule has 1 aromatic carbocycles. The van der Waals surface area contributed by atoms with Crippen molar-refractivity contribution >= 4 is 35.3 Å². The molecule has 0 aliphatic rings. The van der Waals surface area contributed by atoms with Crippen LogP contribution in [0.5, 0.6) is 0 Å². The minimum Gasteiger partial charge on any atom is -0.464 e. The van der Waals surface area contributed by atoms with Crippen LogP contribution < -0.4 is 0 Å². The number of imidazole rings is 1. The Morgan fingerprint density at radius 3 is 2.80 bits per heavy atom. The minimum absolute atomic E-state index is 0.160. The van der Waals surface area contributed by atoms with Crippen LogP contribution in [0.25, 0.3) is 11.0 Å². The van der Waals surface area contributed by atoms with Gasteiger partial charge >= 0.3 is 12.0 Å². The second kappa shape index (κ2) is 5.87. The zero-order chi connectivity index (χ0) is 14.7. The molecule has 7 heteroatoms. The number of carbonyl (C=O) groups is 2. The van der Waals surface area contributed by atoms with Crippen LogP contribution in [0, 0.1) is 4.77 Å². The van der Waals surface area contributed by atoms with Gasteiger partial charge in [-0.05, 0) is 24.4 Å². The second-order valence-electron chi connectivity index (χ2n) is 4.33. The van der Waals surface area contributed by atoms with Crippen LogP contribution in [-0.4, -0.2) is 46.7 Å². The summed E-state index contributed by atoms with van der Waals surface area (Å²) in [7, 11) is 1.63. The number of aromatic nitrogens is 2. The molecule has 6 nitrogen and oxygen atoms in total. The van der Waals surface area contributed by atoms with Gasteiger partial charge in [-0.3, -0.25) is 4.79 Å². The molecule has 2 aromatic rings. The summed E-state index contributed by atoms with van der Waals surface area (Å²) in [5.41, 5.74) is 1.53.